The van der Waals surface area contributed by atoms with Crippen molar-refractivity contribution >= 4 is 34.3 Å². The van der Waals surface area contributed by atoms with Gasteiger partial charge in [0.15, 0.2) is 11.5 Å². The van der Waals surface area contributed by atoms with Crippen LogP contribution < -0.4 is 22.1 Å². The van der Waals surface area contributed by atoms with Crippen LogP contribution in [0.25, 0.3) is 10.9 Å². The number of rotatable bonds is 6. The number of nitrogens with two attached hydrogens (primary N) is 2. The summed E-state index contributed by atoms with van der Waals surface area (Å²) in [4.78, 5) is 16.4. The average molecular weight is 436 g/mol. The van der Waals surface area contributed by atoms with Crippen LogP contribution >= 0.6 is 0 Å². The van der Waals surface area contributed by atoms with Gasteiger partial charge in [0.2, 0.25) is 5.95 Å². The molecule has 10 heteroatoms. The van der Waals surface area contributed by atoms with E-state index in [1.54, 1.807) is 0 Å². The van der Waals surface area contributed by atoms with E-state index in [0.29, 0.717) is 12.0 Å². The molecule has 2 aromatic heterocycles. The fourth-order valence-corrected chi connectivity index (χ4v) is 4.76. The molecular weight excluding hydrogens is 406 g/mol. The zero-order valence-corrected chi connectivity index (χ0v) is 18.0. The number of hydrogen-bond donors (Lipinski definition) is 4. The van der Waals surface area contributed by atoms with Crippen molar-refractivity contribution in [3.8, 4) is 0 Å². The zero-order valence-electron chi connectivity index (χ0n) is 18.0. The van der Waals surface area contributed by atoms with Crippen LogP contribution in [0.4, 0.5) is 17.5 Å². The number of anilines is 3. The van der Waals surface area contributed by atoms with Crippen LogP contribution in [0, 0.1) is 0 Å². The molecule has 0 radical (unpaired) electrons. The quantitative estimate of drug-likeness (QED) is 0.462. The molecule has 3 aromatic rings. The van der Waals surface area contributed by atoms with Gasteiger partial charge in [0, 0.05) is 29.4 Å². The Bertz CT molecular complexity index is 1120. The van der Waals surface area contributed by atoms with Crippen LogP contribution in [0.5, 0.6) is 0 Å². The number of nitrogens with zero attached hydrogens (tertiary/aromatic N) is 5. The van der Waals surface area contributed by atoms with Crippen molar-refractivity contribution in [3.63, 3.8) is 0 Å². The van der Waals surface area contributed by atoms with Gasteiger partial charge in [0.25, 0.3) is 5.91 Å². The summed E-state index contributed by atoms with van der Waals surface area (Å²) in [5.41, 5.74) is 13.4. The smallest absolute Gasteiger partial charge is 0.273 e. The summed E-state index contributed by atoms with van der Waals surface area (Å²) in [6, 6.07) is 6.46. The molecule has 1 amide bonds. The van der Waals surface area contributed by atoms with Crippen LogP contribution in [0.3, 0.4) is 0 Å². The molecule has 0 spiro atoms. The largest absolute Gasteiger partial charge is 0.364 e. The Morgan fingerprint density at radius 1 is 1.06 bits per heavy atom. The average Bonchev–Trinajstić information content (AvgIpc) is 3.45. The first-order chi connectivity index (χ1) is 15.6. The monoisotopic (exact) mass is 435 g/mol. The number of nitrogens with one attached hydrogen (secondary N) is 2. The Morgan fingerprint density at radius 3 is 2.62 bits per heavy atom. The standard InChI is InChI=1S/C22H29N9O/c23-16-7-3-4-8-18(16)26-22-27-21(19(20(24)32)28-29-22)25-14-9-10-17-13(11-14)12-31(30-17)15-5-1-2-6-15/h9-12,15-16,18H,1-8,23H2,(H2,24,32)(H2,25,26,27,29)/t16-,18+/m0/s1. The lowest BCUT2D eigenvalue weighted by atomic mass is 9.91. The minimum Gasteiger partial charge on any atom is -0.364 e. The van der Waals surface area contributed by atoms with E-state index in [9.17, 15) is 4.79 Å². The van der Waals surface area contributed by atoms with Crippen molar-refractivity contribution in [1.29, 1.82) is 0 Å². The van der Waals surface area contributed by atoms with E-state index >= 15 is 0 Å². The van der Waals surface area contributed by atoms with E-state index in [-0.39, 0.29) is 23.6 Å². The molecular formula is C22H29N9O. The van der Waals surface area contributed by atoms with E-state index in [4.69, 9.17) is 16.6 Å². The molecule has 32 heavy (non-hydrogen) atoms. The number of carbonyl (C=O) groups excluding carboxylic acids is 1. The molecule has 168 valence electrons. The molecule has 10 nitrogen and oxygen atoms in total. The van der Waals surface area contributed by atoms with Crippen LogP contribution in [-0.4, -0.2) is 43.0 Å². The highest BCUT2D eigenvalue weighted by Crippen LogP contribution is 2.31. The second-order valence-corrected chi connectivity index (χ2v) is 8.84. The Labute approximate surface area is 186 Å². The molecule has 2 aliphatic rings. The van der Waals surface area contributed by atoms with Crippen molar-refractivity contribution in [2.24, 2.45) is 11.5 Å². The normalized spacial score (nSPS) is 21.7. The van der Waals surface area contributed by atoms with Gasteiger partial charge < -0.3 is 22.1 Å². The number of fused-ring (bicyclic) bond motifs is 1. The van der Waals surface area contributed by atoms with E-state index in [0.717, 1.165) is 42.3 Å². The van der Waals surface area contributed by atoms with Crippen molar-refractivity contribution < 1.29 is 4.79 Å². The molecule has 0 aliphatic heterocycles. The topological polar surface area (TPSA) is 150 Å². The lowest BCUT2D eigenvalue weighted by molar-refractivity contribution is 0.0995. The third-order valence-electron chi connectivity index (χ3n) is 6.54. The summed E-state index contributed by atoms with van der Waals surface area (Å²) in [5.74, 6) is -0.0968. The minimum atomic E-state index is -0.691. The fourth-order valence-electron chi connectivity index (χ4n) is 4.76. The number of carbonyl (C=O) groups is 1. The number of amides is 1. The molecule has 2 aliphatic carbocycles. The van der Waals surface area contributed by atoms with E-state index in [2.05, 4.69) is 36.7 Å². The first kappa shape index (κ1) is 20.6. The number of hydrogen-bond acceptors (Lipinski definition) is 8. The Hall–Kier alpha value is -3.27. The third kappa shape index (κ3) is 4.22. The van der Waals surface area contributed by atoms with E-state index in [1.807, 2.05) is 18.2 Å². The second-order valence-electron chi connectivity index (χ2n) is 8.84. The summed E-state index contributed by atoms with van der Waals surface area (Å²) >= 11 is 0. The first-order valence-electron chi connectivity index (χ1n) is 11.4. The van der Waals surface area contributed by atoms with Crippen LogP contribution in [0.1, 0.15) is 67.9 Å². The van der Waals surface area contributed by atoms with Crippen molar-refractivity contribution in [2.75, 3.05) is 10.6 Å². The summed E-state index contributed by atoms with van der Waals surface area (Å²) in [6.07, 6.45) is 11.1. The van der Waals surface area contributed by atoms with Gasteiger partial charge in [0.05, 0.1) is 11.6 Å². The molecule has 6 N–H and O–H groups in total. The number of aromatic nitrogens is 5. The van der Waals surface area contributed by atoms with Crippen LogP contribution in [0.15, 0.2) is 24.4 Å². The fraction of sp³-hybridized carbons (Fsp3) is 0.500. The Balaban J connectivity index is 1.40. The van der Waals surface area contributed by atoms with Crippen LogP contribution in [-0.2, 0) is 0 Å². The molecule has 2 heterocycles. The number of benzene rings is 1. The maximum absolute atomic E-state index is 11.9. The highest BCUT2D eigenvalue weighted by atomic mass is 16.1. The SMILES string of the molecule is NC(=O)c1nnc(N[C@@H]2CCCC[C@@H]2N)nc1Nc1ccc2nn(C3CCCC3)cc2c1. The molecule has 2 atom stereocenters. The zero-order chi connectivity index (χ0) is 22.1. The first-order valence-corrected chi connectivity index (χ1v) is 11.4. The van der Waals surface area contributed by atoms with Gasteiger partial charge in [-0.05, 0) is 43.9 Å². The maximum atomic E-state index is 11.9. The Morgan fingerprint density at radius 2 is 1.84 bits per heavy atom. The molecule has 0 saturated heterocycles. The maximum Gasteiger partial charge on any atom is 0.273 e. The molecule has 0 unspecified atom stereocenters. The highest BCUT2D eigenvalue weighted by Gasteiger charge is 2.24. The molecule has 0 bridgehead atoms. The predicted molar refractivity (Wildman–Crippen MR) is 123 cm³/mol. The highest BCUT2D eigenvalue weighted by molar-refractivity contribution is 5.96. The van der Waals surface area contributed by atoms with Gasteiger partial charge >= 0.3 is 0 Å². The minimum absolute atomic E-state index is 0.00904. The lowest BCUT2D eigenvalue weighted by Crippen LogP contribution is -2.43. The second kappa shape index (κ2) is 8.70. The molecule has 5 rings (SSSR count). The van der Waals surface area contributed by atoms with Gasteiger partial charge in [-0.1, -0.05) is 25.7 Å². The van der Waals surface area contributed by atoms with Crippen LogP contribution in [0.2, 0.25) is 0 Å². The van der Waals surface area contributed by atoms with Crippen molar-refractivity contribution in [3.05, 3.63) is 30.1 Å². The third-order valence-corrected chi connectivity index (χ3v) is 6.54. The van der Waals surface area contributed by atoms with E-state index < -0.39 is 5.91 Å². The van der Waals surface area contributed by atoms with Gasteiger partial charge in [-0.25, -0.2) is 0 Å². The molecule has 2 fully saturated rings. The van der Waals surface area contributed by atoms with Gasteiger partial charge in [-0.15, -0.1) is 10.2 Å². The summed E-state index contributed by atoms with van der Waals surface area (Å²) < 4.78 is 2.08. The van der Waals surface area contributed by atoms with Gasteiger partial charge in [-0.2, -0.15) is 10.1 Å². The molecule has 2 saturated carbocycles. The molecule has 1 aromatic carbocycles. The van der Waals surface area contributed by atoms with Gasteiger partial charge in [0.1, 0.15) is 0 Å². The van der Waals surface area contributed by atoms with Gasteiger partial charge in [-0.3, -0.25) is 9.48 Å². The lowest BCUT2D eigenvalue weighted by Gasteiger charge is -2.29. The van der Waals surface area contributed by atoms with Crippen molar-refractivity contribution in [1.82, 2.24) is 25.0 Å². The Kier molecular flexibility index (Phi) is 5.60. The predicted octanol–water partition coefficient (Wildman–Crippen LogP) is 2.86. The van der Waals surface area contributed by atoms with E-state index in [1.165, 1.54) is 25.7 Å². The summed E-state index contributed by atoms with van der Waals surface area (Å²) in [5, 5.41) is 20.3. The summed E-state index contributed by atoms with van der Waals surface area (Å²) in [7, 11) is 0. The summed E-state index contributed by atoms with van der Waals surface area (Å²) in [6.45, 7) is 0. The number of primary amides is 1. The van der Waals surface area contributed by atoms with Crippen molar-refractivity contribution in [2.45, 2.75) is 69.5 Å².